The summed E-state index contributed by atoms with van der Waals surface area (Å²) in [6, 6.07) is 2.05. The molecule has 0 unspecified atom stereocenters. The highest BCUT2D eigenvalue weighted by molar-refractivity contribution is 8.18. The van der Waals surface area contributed by atoms with Gasteiger partial charge in [-0.3, -0.25) is 14.1 Å². The summed E-state index contributed by atoms with van der Waals surface area (Å²) < 4.78 is 15.0. The summed E-state index contributed by atoms with van der Waals surface area (Å²) in [5.41, 5.74) is 6.32. The molecule has 0 radical (unpaired) electrons. The van der Waals surface area contributed by atoms with Gasteiger partial charge in [-0.15, -0.1) is 0 Å². The Morgan fingerprint density at radius 1 is 1.36 bits per heavy atom. The summed E-state index contributed by atoms with van der Waals surface area (Å²) in [6.07, 6.45) is 6.67. The van der Waals surface area contributed by atoms with Crippen molar-refractivity contribution in [1.82, 2.24) is 14.9 Å². The van der Waals surface area contributed by atoms with E-state index >= 15 is 0 Å². The van der Waals surface area contributed by atoms with Crippen LogP contribution in [0.2, 0.25) is 0 Å². The molecule has 1 saturated heterocycles. The summed E-state index contributed by atoms with van der Waals surface area (Å²) >= 11 is 0.640. The lowest BCUT2D eigenvalue weighted by molar-refractivity contribution is -0.124. The van der Waals surface area contributed by atoms with Crippen LogP contribution in [0.4, 0.5) is 10.7 Å². The molecule has 0 atom stereocenters. The van der Waals surface area contributed by atoms with Crippen molar-refractivity contribution in [2.24, 2.45) is 5.73 Å². The number of nitrogens with one attached hydrogen (secondary N) is 1. The van der Waals surface area contributed by atoms with Gasteiger partial charge in [-0.2, -0.15) is 0 Å². The maximum absolute atomic E-state index is 12.3. The molecule has 0 aromatic carbocycles. The summed E-state index contributed by atoms with van der Waals surface area (Å²) in [4.78, 5) is 50.8. The second-order valence-electron chi connectivity index (χ2n) is 6.42. The highest BCUT2D eigenvalue weighted by Gasteiger charge is 2.36. The number of anilines is 1. The molecule has 28 heavy (non-hydrogen) atoms. The van der Waals surface area contributed by atoms with Crippen LogP contribution >= 0.6 is 19.6 Å². The number of amides is 2. The van der Waals surface area contributed by atoms with Crippen molar-refractivity contribution < 1.29 is 28.5 Å². The number of hydrogen-bond acceptors (Lipinski definition) is 9. The highest BCUT2D eigenvalue weighted by atomic mass is 32.2. The van der Waals surface area contributed by atoms with E-state index in [-0.39, 0.29) is 17.0 Å². The Morgan fingerprint density at radius 3 is 2.75 bits per heavy atom. The molecule has 0 bridgehead atoms. The first kappa shape index (κ1) is 20.9. The second-order valence-corrected chi connectivity index (χ2v) is 8.65. The molecule has 2 fully saturated rings. The van der Waals surface area contributed by atoms with E-state index in [1.54, 1.807) is 6.07 Å². The molecule has 2 amide bonds. The highest BCUT2D eigenvalue weighted by Crippen LogP contribution is 2.38. The Labute approximate surface area is 165 Å². The molecule has 1 saturated carbocycles. The number of phosphoric acid groups is 1. The number of rotatable bonds is 6. The van der Waals surface area contributed by atoms with Crippen LogP contribution in [0.15, 0.2) is 17.2 Å². The minimum Gasteiger partial charge on any atom is -0.351 e. The van der Waals surface area contributed by atoms with Crippen LogP contribution in [0.3, 0.4) is 0 Å². The largest absolute Gasteiger partial charge is 0.471 e. The van der Waals surface area contributed by atoms with Crippen LogP contribution in [0.25, 0.3) is 6.08 Å². The number of nitrogens with zero attached hydrogens (tertiary/aromatic N) is 3. The van der Waals surface area contributed by atoms with Crippen LogP contribution in [0, 0.1) is 0 Å². The normalized spacial score (nSPS) is 24.8. The first-order valence-corrected chi connectivity index (χ1v) is 10.9. The lowest BCUT2D eigenvalue weighted by Crippen LogP contribution is -2.33. The van der Waals surface area contributed by atoms with Crippen molar-refractivity contribution in [2.75, 3.05) is 12.0 Å². The Balaban J connectivity index is 1.67. The van der Waals surface area contributed by atoms with Crippen molar-refractivity contribution in [2.45, 2.75) is 37.8 Å². The zero-order valence-electron chi connectivity index (χ0n) is 14.7. The lowest BCUT2D eigenvalue weighted by atomic mass is 9.92. The third-order valence-corrected chi connectivity index (χ3v) is 5.65. The first-order chi connectivity index (χ1) is 13.2. The molecular formula is C15H20N5O6PS. The third-order valence-electron chi connectivity index (χ3n) is 4.29. The van der Waals surface area contributed by atoms with Crippen molar-refractivity contribution in [3.05, 3.63) is 22.9 Å². The number of carbonyl (C=O) groups excluding carboxylic acids is 2. The second kappa shape index (κ2) is 8.68. The van der Waals surface area contributed by atoms with E-state index in [9.17, 15) is 14.2 Å². The van der Waals surface area contributed by atoms with Gasteiger partial charge < -0.3 is 20.8 Å². The van der Waals surface area contributed by atoms with E-state index in [0.29, 0.717) is 28.3 Å². The van der Waals surface area contributed by atoms with Gasteiger partial charge in [-0.05, 0) is 49.6 Å². The smallest absolute Gasteiger partial charge is 0.351 e. The van der Waals surface area contributed by atoms with E-state index in [1.807, 2.05) is 0 Å². The maximum atomic E-state index is 12.3. The van der Waals surface area contributed by atoms with E-state index in [1.165, 1.54) is 12.3 Å². The summed E-state index contributed by atoms with van der Waals surface area (Å²) in [6.45, 7) is -0.827. The zero-order chi connectivity index (χ0) is 20.3. The number of phosphoric ester groups is 1. The van der Waals surface area contributed by atoms with Crippen molar-refractivity contribution in [3.63, 3.8) is 0 Å². The van der Waals surface area contributed by atoms with Gasteiger partial charge >= 0.3 is 7.82 Å². The van der Waals surface area contributed by atoms with Crippen LogP contribution in [-0.4, -0.2) is 54.6 Å². The quantitative estimate of drug-likeness (QED) is 0.379. The van der Waals surface area contributed by atoms with Crippen LogP contribution in [0.1, 0.15) is 31.4 Å². The Kier molecular flexibility index (Phi) is 6.48. The Hall–Kier alpha value is -1.82. The number of thioether (sulfide) groups is 1. The zero-order valence-corrected chi connectivity index (χ0v) is 16.4. The summed E-state index contributed by atoms with van der Waals surface area (Å²) in [7, 11) is -4.80. The van der Waals surface area contributed by atoms with Crippen LogP contribution in [0.5, 0.6) is 0 Å². The first-order valence-electron chi connectivity index (χ1n) is 8.52. The van der Waals surface area contributed by atoms with Crippen LogP contribution in [-0.2, 0) is 13.9 Å². The molecule has 2 heterocycles. The summed E-state index contributed by atoms with van der Waals surface area (Å²) in [5, 5.41) is 2.57. The Morgan fingerprint density at radius 2 is 2.07 bits per heavy atom. The fourth-order valence-electron chi connectivity index (χ4n) is 2.85. The maximum Gasteiger partial charge on any atom is 0.471 e. The number of carbonyl (C=O) groups is 2. The van der Waals surface area contributed by atoms with Gasteiger partial charge in [-0.1, -0.05) is 0 Å². The molecule has 1 aliphatic heterocycles. The molecule has 1 aliphatic carbocycles. The van der Waals surface area contributed by atoms with E-state index < -0.39 is 25.7 Å². The third kappa shape index (κ3) is 5.60. The van der Waals surface area contributed by atoms with Gasteiger partial charge in [0.1, 0.15) is 6.73 Å². The fourth-order valence-corrected chi connectivity index (χ4v) is 3.92. The van der Waals surface area contributed by atoms with Crippen molar-refractivity contribution in [1.29, 1.82) is 0 Å². The summed E-state index contributed by atoms with van der Waals surface area (Å²) in [5.74, 6) is -0.295. The minimum absolute atomic E-state index is 0.0765. The van der Waals surface area contributed by atoms with Crippen molar-refractivity contribution >= 4 is 42.8 Å². The van der Waals surface area contributed by atoms with Gasteiger partial charge in [0.15, 0.2) is 0 Å². The van der Waals surface area contributed by atoms with Gasteiger partial charge in [0.2, 0.25) is 5.95 Å². The van der Waals surface area contributed by atoms with Gasteiger partial charge in [0.05, 0.1) is 10.6 Å². The molecule has 2 aliphatic rings. The van der Waals surface area contributed by atoms with Gasteiger partial charge in [0, 0.05) is 18.3 Å². The van der Waals surface area contributed by atoms with E-state index in [0.717, 1.165) is 25.7 Å². The molecule has 3 rings (SSSR count). The predicted molar refractivity (Wildman–Crippen MR) is 102 cm³/mol. The van der Waals surface area contributed by atoms with E-state index in [4.69, 9.17) is 15.5 Å². The van der Waals surface area contributed by atoms with Gasteiger partial charge in [0.25, 0.3) is 11.1 Å². The molecule has 0 spiro atoms. The molecule has 1 aromatic heterocycles. The molecule has 5 N–H and O–H groups in total. The molecule has 152 valence electrons. The van der Waals surface area contributed by atoms with Gasteiger partial charge in [-0.25, -0.2) is 19.4 Å². The van der Waals surface area contributed by atoms with Crippen LogP contribution < -0.4 is 11.1 Å². The average molecular weight is 429 g/mol. The minimum atomic E-state index is -4.80. The topological polar surface area (TPSA) is 168 Å². The number of nitrogens with two attached hydrogens (primary N) is 1. The van der Waals surface area contributed by atoms with E-state index in [2.05, 4.69) is 19.8 Å². The molecule has 1 aromatic rings. The van der Waals surface area contributed by atoms with Crippen molar-refractivity contribution in [3.8, 4) is 0 Å². The predicted octanol–water partition coefficient (Wildman–Crippen LogP) is 1.26. The Bertz CT molecular complexity index is 838. The monoisotopic (exact) mass is 429 g/mol. The molecule has 11 nitrogen and oxygen atoms in total. The fraction of sp³-hybridized carbons (Fsp3) is 0.467. The standard InChI is InChI=1S/C15H20N5O6PS/c16-9-1-3-10(4-2-9)18-14-17-6-5-11(19-14)7-12-13(21)20(15(22)28-12)8-26-27(23,24)25/h5-7,9-10H,1-4,8,16H2,(H,17,18,19)(H2,23,24,25)/b12-7-/t9-,10-. The number of hydrogen-bond donors (Lipinski definition) is 4. The number of aromatic nitrogens is 2. The molecular weight excluding hydrogens is 409 g/mol. The average Bonchev–Trinajstić information content (AvgIpc) is 2.88. The molecule has 13 heteroatoms. The lowest BCUT2D eigenvalue weighted by Gasteiger charge is -2.26. The SMILES string of the molecule is N[C@H]1CC[C@H](Nc2nccc(/C=C3\SC(=O)N(COP(=O)(O)O)C3=O)n2)CC1. The number of imide groups is 1.